The van der Waals surface area contributed by atoms with Crippen molar-refractivity contribution in [2.24, 2.45) is 0 Å². The first-order chi connectivity index (χ1) is 2.71. The highest BCUT2D eigenvalue weighted by Gasteiger charge is 2.28. The smallest absolute Gasteiger partial charge is 0.324 e. The summed E-state index contributed by atoms with van der Waals surface area (Å²) in [5.74, 6) is 0. The van der Waals surface area contributed by atoms with E-state index in [9.17, 15) is 4.57 Å². The summed E-state index contributed by atoms with van der Waals surface area (Å²) in [4.78, 5) is 8.25. The summed E-state index contributed by atoms with van der Waals surface area (Å²) in [5.41, 5.74) is 0. The summed E-state index contributed by atoms with van der Waals surface area (Å²) in [6, 6.07) is 0. The summed E-state index contributed by atoms with van der Waals surface area (Å²) in [5, 5.41) is 0. The summed E-state index contributed by atoms with van der Waals surface area (Å²) in [6.07, 6.45) is 0.340. The first-order valence-electron chi connectivity index (χ1n) is 1.67. The third-order valence-electron chi connectivity index (χ3n) is 0.667. The Morgan fingerprint density at radius 1 is 1.71 bits per heavy atom. The summed E-state index contributed by atoms with van der Waals surface area (Å²) >= 11 is 0. The molecule has 1 heterocycles. The van der Waals surface area contributed by atoms with Gasteiger partial charge in [0.2, 0.25) is 0 Å². The predicted molar refractivity (Wildman–Crippen MR) is 27.4 cm³/mol. The topological polar surface area (TPSA) is 46.5 Å². The van der Waals surface area contributed by atoms with Crippen molar-refractivity contribution in [2.45, 2.75) is 7.43 Å². The summed E-state index contributed by atoms with van der Waals surface area (Å²) in [6.45, 7) is 0.452. The molecule has 1 rings (SSSR count). The fourth-order valence-electron chi connectivity index (χ4n) is 0.247. The van der Waals surface area contributed by atoms with E-state index in [4.69, 9.17) is 4.89 Å². The minimum absolute atomic E-state index is 0. The molecule has 4 heteroatoms. The van der Waals surface area contributed by atoms with Crippen LogP contribution in [0.15, 0.2) is 0 Å². The average molecular weight is 124 g/mol. The molecule has 0 bridgehead atoms. The van der Waals surface area contributed by atoms with Gasteiger partial charge in [-0.15, -0.1) is 0 Å². The van der Waals surface area contributed by atoms with E-state index in [1.54, 1.807) is 0 Å². The minimum Gasteiger partial charge on any atom is -0.324 e. The van der Waals surface area contributed by atoms with Crippen molar-refractivity contribution in [3.8, 4) is 0 Å². The van der Waals surface area contributed by atoms with Crippen LogP contribution in [0.5, 0.6) is 0 Å². The lowest BCUT2D eigenvalue weighted by atomic mass is 10.9. The first kappa shape index (κ1) is 7.15. The Morgan fingerprint density at radius 2 is 2.00 bits per heavy atom. The van der Waals surface area contributed by atoms with Crippen LogP contribution in [0, 0.1) is 0 Å². The molecule has 0 amide bonds. The van der Waals surface area contributed by atoms with Crippen molar-refractivity contribution in [3.05, 3.63) is 0 Å². The van der Waals surface area contributed by atoms with Crippen molar-refractivity contribution in [2.75, 3.05) is 12.8 Å². The van der Waals surface area contributed by atoms with Crippen molar-refractivity contribution < 1.29 is 14.0 Å². The lowest BCUT2D eigenvalue weighted by molar-refractivity contribution is 0.220. The lowest BCUT2D eigenvalue weighted by Gasteiger charge is -2.18. The van der Waals surface area contributed by atoms with Crippen LogP contribution in [0.1, 0.15) is 7.43 Å². The highest BCUT2D eigenvalue weighted by Crippen LogP contribution is 2.48. The summed E-state index contributed by atoms with van der Waals surface area (Å²) < 4.78 is 14.2. The molecule has 1 aliphatic heterocycles. The van der Waals surface area contributed by atoms with Crippen LogP contribution in [0.2, 0.25) is 0 Å². The third kappa shape index (κ3) is 1.59. The molecule has 1 unspecified atom stereocenters. The van der Waals surface area contributed by atoms with Gasteiger partial charge in [-0.3, -0.25) is 4.57 Å². The Bertz CT molecular complexity index is 92.4. The Kier molecular flexibility index (Phi) is 1.99. The maximum Gasteiger partial charge on any atom is 0.330 e. The zero-order chi connectivity index (χ0) is 4.62. The molecule has 1 saturated heterocycles. The van der Waals surface area contributed by atoms with E-state index in [0.717, 1.165) is 0 Å². The van der Waals surface area contributed by atoms with Crippen LogP contribution >= 0.6 is 7.60 Å². The molecule has 0 radical (unpaired) electrons. The molecular formula is C3H9O3P. The highest BCUT2D eigenvalue weighted by molar-refractivity contribution is 7.54. The second-order valence-electron chi connectivity index (χ2n) is 1.19. The van der Waals surface area contributed by atoms with Gasteiger partial charge in [-0.1, -0.05) is 7.43 Å². The third-order valence-corrected chi connectivity index (χ3v) is 2.00. The molecule has 0 aromatic rings. The molecule has 0 saturated carbocycles. The lowest BCUT2D eigenvalue weighted by Crippen LogP contribution is -2.11. The van der Waals surface area contributed by atoms with Crippen LogP contribution < -0.4 is 0 Å². The van der Waals surface area contributed by atoms with E-state index in [-0.39, 0.29) is 7.43 Å². The van der Waals surface area contributed by atoms with Crippen molar-refractivity contribution in [1.82, 2.24) is 0 Å². The second-order valence-corrected chi connectivity index (χ2v) is 3.17. The number of hydrogen-bond donors (Lipinski definition) is 1. The maximum atomic E-state index is 10.0. The van der Waals surface area contributed by atoms with E-state index in [0.29, 0.717) is 12.8 Å². The zero-order valence-corrected chi connectivity index (χ0v) is 4.02. The second kappa shape index (κ2) is 1.95. The zero-order valence-electron chi connectivity index (χ0n) is 3.13. The van der Waals surface area contributed by atoms with Crippen LogP contribution in [-0.2, 0) is 9.09 Å². The van der Waals surface area contributed by atoms with Gasteiger partial charge in [0.15, 0.2) is 0 Å². The molecule has 1 aliphatic rings. The van der Waals surface area contributed by atoms with E-state index in [2.05, 4.69) is 4.52 Å². The van der Waals surface area contributed by atoms with Crippen molar-refractivity contribution >= 4 is 7.60 Å². The molecule has 3 nitrogen and oxygen atoms in total. The molecule has 0 aromatic heterocycles. The van der Waals surface area contributed by atoms with Gasteiger partial charge in [0, 0.05) is 0 Å². The number of rotatable bonds is 0. The average Bonchev–Trinajstić information content (AvgIpc) is 1.32. The van der Waals surface area contributed by atoms with Gasteiger partial charge in [-0.05, 0) is 0 Å². The quantitative estimate of drug-likeness (QED) is 0.486. The van der Waals surface area contributed by atoms with E-state index < -0.39 is 7.60 Å². The van der Waals surface area contributed by atoms with Crippen LogP contribution in [0.3, 0.4) is 0 Å². The molecule has 44 valence electrons. The van der Waals surface area contributed by atoms with E-state index in [1.165, 1.54) is 0 Å². The predicted octanol–water partition coefficient (Wildman–Crippen LogP) is 0.838. The molecule has 1 fully saturated rings. The SMILES string of the molecule is C.O=P1(O)CCO1. The van der Waals surface area contributed by atoms with Gasteiger partial charge >= 0.3 is 7.60 Å². The highest BCUT2D eigenvalue weighted by atomic mass is 31.2. The molecule has 1 atom stereocenters. The Morgan fingerprint density at radius 3 is 2.00 bits per heavy atom. The maximum absolute atomic E-state index is 10.0. The molecule has 0 spiro atoms. The van der Waals surface area contributed by atoms with E-state index >= 15 is 0 Å². The van der Waals surface area contributed by atoms with Crippen molar-refractivity contribution in [1.29, 1.82) is 0 Å². The van der Waals surface area contributed by atoms with Gasteiger partial charge in [-0.2, -0.15) is 0 Å². The van der Waals surface area contributed by atoms with Crippen LogP contribution in [0.25, 0.3) is 0 Å². The molecule has 1 N–H and O–H groups in total. The standard InChI is InChI=1S/C2H5O3P.CH4/c3-6(4)2-1-5-6;/h1-2H2,(H,3,4);1H4. The molecule has 0 aliphatic carbocycles. The monoisotopic (exact) mass is 124 g/mol. The normalized spacial score (nSPS) is 38.4. The van der Waals surface area contributed by atoms with Gasteiger partial charge < -0.3 is 9.42 Å². The van der Waals surface area contributed by atoms with Gasteiger partial charge in [-0.25, -0.2) is 0 Å². The fraction of sp³-hybridized carbons (Fsp3) is 1.00. The molecule has 7 heavy (non-hydrogen) atoms. The van der Waals surface area contributed by atoms with Gasteiger partial charge in [0.1, 0.15) is 0 Å². The Labute approximate surface area is 42.8 Å². The minimum atomic E-state index is -2.97. The van der Waals surface area contributed by atoms with Crippen molar-refractivity contribution in [3.63, 3.8) is 0 Å². The number of hydrogen-bond acceptors (Lipinski definition) is 2. The molecular weight excluding hydrogens is 115 g/mol. The van der Waals surface area contributed by atoms with Gasteiger partial charge in [0.25, 0.3) is 0 Å². The first-order valence-corrected chi connectivity index (χ1v) is 3.43. The summed E-state index contributed by atoms with van der Waals surface area (Å²) in [7, 11) is -2.97. The van der Waals surface area contributed by atoms with Gasteiger partial charge in [0.05, 0.1) is 12.8 Å². The largest absolute Gasteiger partial charge is 0.330 e. The van der Waals surface area contributed by atoms with Crippen LogP contribution in [-0.4, -0.2) is 17.7 Å². The van der Waals surface area contributed by atoms with Crippen LogP contribution in [0.4, 0.5) is 0 Å². The molecule has 0 aromatic carbocycles. The van der Waals surface area contributed by atoms with E-state index in [1.807, 2.05) is 0 Å². The Balaban J connectivity index is 0.000000360. The Hall–Kier alpha value is 0.150. The fourth-order valence-corrected chi connectivity index (χ4v) is 0.742.